The van der Waals surface area contributed by atoms with Crippen molar-refractivity contribution in [2.45, 2.75) is 38.2 Å². The first kappa shape index (κ1) is 24.6. The lowest BCUT2D eigenvalue weighted by Gasteiger charge is -2.16. The van der Waals surface area contributed by atoms with Gasteiger partial charge >= 0.3 is 6.18 Å². The van der Waals surface area contributed by atoms with Gasteiger partial charge in [-0.1, -0.05) is 30.3 Å². The van der Waals surface area contributed by atoms with Gasteiger partial charge < -0.3 is 20.5 Å². The third-order valence-electron chi connectivity index (χ3n) is 5.73. The fraction of sp³-hybridized carbons (Fsp3) is 0.320. The molecule has 2 atom stereocenters. The zero-order valence-electron chi connectivity index (χ0n) is 19.0. The summed E-state index contributed by atoms with van der Waals surface area (Å²) in [5.74, 6) is -0.200. The van der Waals surface area contributed by atoms with Crippen LogP contribution in [0.4, 0.5) is 13.2 Å². The van der Waals surface area contributed by atoms with Crippen LogP contribution in [0.15, 0.2) is 54.7 Å². The molecule has 4 rings (SSSR count). The molecule has 0 bridgehead atoms. The van der Waals surface area contributed by atoms with Crippen molar-refractivity contribution < 1.29 is 27.4 Å². The molecule has 1 fully saturated rings. The second kappa shape index (κ2) is 10.4. The lowest BCUT2D eigenvalue weighted by molar-refractivity contribution is -0.137. The van der Waals surface area contributed by atoms with E-state index < -0.39 is 23.7 Å². The standard InChI is InChI=1S/C25H25F3N4O3/c1-15(31-24(33)23-30-10-8-22(32-23)35-20-9-11-34-14-20)16-2-4-17(5-3-16)21-12-19(25(26,27)28)7-6-18(21)13-29/h2-8,10,12,15,20H,9,11,13-14,29H2,1H3,(H,31,33)/t15-,20-/m1/s1. The highest BCUT2D eigenvalue weighted by molar-refractivity contribution is 5.90. The molecule has 1 saturated heterocycles. The normalized spacial score (nSPS) is 16.7. The topological polar surface area (TPSA) is 99.4 Å². The Morgan fingerprint density at radius 3 is 2.66 bits per heavy atom. The predicted molar refractivity (Wildman–Crippen MR) is 123 cm³/mol. The van der Waals surface area contributed by atoms with Crippen LogP contribution in [0.3, 0.4) is 0 Å². The molecule has 3 aromatic rings. The van der Waals surface area contributed by atoms with E-state index >= 15 is 0 Å². The van der Waals surface area contributed by atoms with E-state index in [0.29, 0.717) is 35.8 Å². The molecule has 0 aliphatic carbocycles. The van der Waals surface area contributed by atoms with Crippen LogP contribution in [-0.2, 0) is 17.5 Å². The Hall–Kier alpha value is -3.50. The molecule has 1 amide bonds. The van der Waals surface area contributed by atoms with Crippen molar-refractivity contribution in [3.05, 3.63) is 77.2 Å². The highest BCUT2D eigenvalue weighted by Crippen LogP contribution is 2.34. The number of aromatic nitrogens is 2. The molecule has 1 aromatic heterocycles. The predicted octanol–water partition coefficient (Wildman–Crippen LogP) is 4.28. The lowest BCUT2D eigenvalue weighted by atomic mass is 9.95. The third-order valence-corrected chi connectivity index (χ3v) is 5.73. The van der Waals surface area contributed by atoms with Crippen LogP contribution in [0.5, 0.6) is 5.88 Å². The molecular formula is C25H25F3N4O3. The van der Waals surface area contributed by atoms with Gasteiger partial charge in [0.1, 0.15) is 6.10 Å². The molecule has 35 heavy (non-hydrogen) atoms. The number of nitrogens with one attached hydrogen (secondary N) is 1. The summed E-state index contributed by atoms with van der Waals surface area (Å²) in [6.45, 7) is 3.00. The first-order valence-electron chi connectivity index (χ1n) is 11.1. The van der Waals surface area contributed by atoms with Gasteiger partial charge in [-0.3, -0.25) is 4.79 Å². The summed E-state index contributed by atoms with van der Waals surface area (Å²) in [5.41, 5.74) is 7.39. The highest BCUT2D eigenvalue weighted by atomic mass is 19.4. The summed E-state index contributed by atoms with van der Waals surface area (Å²) < 4.78 is 50.5. The zero-order valence-corrected chi connectivity index (χ0v) is 19.0. The summed E-state index contributed by atoms with van der Waals surface area (Å²) in [7, 11) is 0. The quantitative estimate of drug-likeness (QED) is 0.517. The number of amides is 1. The van der Waals surface area contributed by atoms with Gasteiger partial charge in [0.25, 0.3) is 5.91 Å². The molecule has 184 valence electrons. The Morgan fingerprint density at radius 1 is 1.23 bits per heavy atom. The second-order valence-corrected chi connectivity index (χ2v) is 8.21. The molecular weight excluding hydrogens is 461 g/mol. The number of hydrogen-bond donors (Lipinski definition) is 2. The Labute approximate surface area is 200 Å². The minimum absolute atomic E-state index is 0.0264. The van der Waals surface area contributed by atoms with Crippen LogP contribution in [0.1, 0.15) is 46.7 Å². The van der Waals surface area contributed by atoms with Crippen molar-refractivity contribution in [2.24, 2.45) is 5.73 Å². The number of carbonyl (C=O) groups excluding carboxylic acids is 1. The number of nitrogens with zero attached hydrogens (tertiary/aromatic N) is 2. The monoisotopic (exact) mass is 486 g/mol. The second-order valence-electron chi connectivity index (χ2n) is 8.21. The van der Waals surface area contributed by atoms with E-state index in [4.69, 9.17) is 15.2 Å². The van der Waals surface area contributed by atoms with E-state index in [1.807, 2.05) is 0 Å². The molecule has 0 unspecified atom stereocenters. The molecule has 2 heterocycles. The van der Waals surface area contributed by atoms with Crippen molar-refractivity contribution in [1.82, 2.24) is 15.3 Å². The van der Waals surface area contributed by atoms with Crippen LogP contribution in [-0.4, -0.2) is 35.2 Å². The van der Waals surface area contributed by atoms with Gasteiger partial charge in [0, 0.05) is 25.2 Å². The third kappa shape index (κ3) is 5.95. The van der Waals surface area contributed by atoms with E-state index in [2.05, 4.69) is 15.3 Å². The zero-order chi connectivity index (χ0) is 25.0. The number of hydrogen-bond acceptors (Lipinski definition) is 6. The van der Waals surface area contributed by atoms with Gasteiger partial charge in [0.15, 0.2) is 0 Å². The maximum absolute atomic E-state index is 13.2. The molecule has 10 heteroatoms. The molecule has 0 radical (unpaired) electrons. The molecule has 0 saturated carbocycles. The molecule has 1 aliphatic heterocycles. The maximum Gasteiger partial charge on any atom is 0.416 e. The molecule has 7 nitrogen and oxygen atoms in total. The molecule has 0 spiro atoms. The minimum Gasteiger partial charge on any atom is -0.472 e. The largest absolute Gasteiger partial charge is 0.472 e. The summed E-state index contributed by atoms with van der Waals surface area (Å²) in [5, 5.41) is 2.83. The van der Waals surface area contributed by atoms with Crippen molar-refractivity contribution in [3.63, 3.8) is 0 Å². The number of halogens is 3. The highest BCUT2D eigenvalue weighted by Gasteiger charge is 2.31. The number of benzene rings is 2. The fourth-order valence-corrected chi connectivity index (χ4v) is 3.79. The van der Waals surface area contributed by atoms with E-state index in [1.165, 1.54) is 12.3 Å². The van der Waals surface area contributed by atoms with Crippen molar-refractivity contribution in [2.75, 3.05) is 13.2 Å². The van der Waals surface area contributed by atoms with Gasteiger partial charge in [0.2, 0.25) is 11.7 Å². The van der Waals surface area contributed by atoms with Crippen molar-refractivity contribution in [1.29, 1.82) is 0 Å². The summed E-state index contributed by atoms with van der Waals surface area (Å²) in [6.07, 6.45) is -2.34. The number of carbonyl (C=O) groups is 1. The lowest BCUT2D eigenvalue weighted by Crippen LogP contribution is -2.28. The Kier molecular flexibility index (Phi) is 7.32. The van der Waals surface area contributed by atoms with E-state index in [9.17, 15) is 18.0 Å². The van der Waals surface area contributed by atoms with Gasteiger partial charge in [0.05, 0.1) is 24.8 Å². The summed E-state index contributed by atoms with van der Waals surface area (Å²) >= 11 is 0. The fourth-order valence-electron chi connectivity index (χ4n) is 3.79. The summed E-state index contributed by atoms with van der Waals surface area (Å²) in [6, 6.07) is 11.6. The van der Waals surface area contributed by atoms with Gasteiger partial charge in [-0.05, 0) is 41.3 Å². The average Bonchev–Trinajstić information content (AvgIpc) is 3.36. The number of ether oxygens (including phenoxy) is 2. The summed E-state index contributed by atoms with van der Waals surface area (Å²) in [4.78, 5) is 20.9. The van der Waals surface area contributed by atoms with Crippen LogP contribution in [0.2, 0.25) is 0 Å². The number of alkyl halides is 3. The Morgan fingerprint density at radius 2 is 2.00 bits per heavy atom. The van der Waals surface area contributed by atoms with Crippen LogP contribution in [0, 0.1) is 0 Å². The van der Waals surface area contributed by atoms with E-state index in [1.54, 1.807) is 37.3 Å². The van der Waals surface area contributed by atoms with Gasteiger partial charge in [-0.25, -0.2) is 4.98 Å². The SMILES string of the molecule is C[C@@H](NC(=O)c1nccc(O[C@@H]2CCOC2)n1)c1ccc(-c2cc(C(F)(F)F)ccc2CN)cc1. The number of rotatable bonds is 7. The van der Waals surface area contributed by atoms with Crippen LogP contribution >= 0.6 is 0 Å². The van der Waals surface area contributed by atoms with Gasteiger partial charge in [-0.2, -0.15) is 18.2 Å². The van der Waals surface area contributed by atoms with E-state index in [0.717, 1.165) is 24.1 Å². The Balaban J connectivity index is 1.46. The van der Waals surface area contributed by atoms with Crippen LogP contribution < -0.4 is 15.8 Å². The molecule has 1 aliphatic rings. The van der Waals surface area contributed by atoms with Gasteiger partial charge in [-0.15, -0.1) is 0 Å². The minimum atomic E-state index is -4.45. The van der Waals surface area contributed by atoms with E-state index in [-0.39, 0.29) is 18.5 Å². The number of nitrogens with two attached hydrogens (primary N) is 1. The maximum atomic E-state index is 13.2. The average molecular weight is 486 g/mol. The molecule has 3 N–H and O–H groups in total. The first-order valence-corrected chi connectivity index (χ1v) is 11.1. The Bertz CT molecular complexity index is 1180. The van der Waals surface area contributed by atoms with Crippen molar-refractivity contribution >= 4 is 5.91 Å². The smallest absolute Gasteiger partial charge is 0.416 e. The molecule has 2 aromatic carbocycles. The van der Waals surface area contributed by atoms with Crippen LogP contribution in [0.25, 0.3) is 11.1 Å². The first-order chi connectivity index (χ1) is 16.7. The van der Waals surface area contributed by atoms with Crippen molar-refractivity contribution in [3.8, 4) is 17.0 Å².